The van der Waals surface area contributed by atoms with Crippen molar-refractivity contribution >= 4 is 11.9 Å². The third kappa shape index (κ3) is 3.72. The SMILES string of the molecule is COC(=O)C[C@H](NC(=O)c1cccn1C)c1ccccc1. The second kappa shape index (κ2) is 6.74. The molecule has 0 bridgehead atoms. The van der Waals surface area contributed by atoms with Gasteiger partial charge in [0, 0.05) is 13.2 Å². The van der Waals surface area contributed by atoms with Crippen molar-refractivity contribution in [2.24, 2.45) is 7.05 Å². The number of ether oxygens (including phenoxy) is 1. The summed E-state index contributed by atoms with van der Waals surface area (Å²) < 4.78 is 6.43. The van der Waals surface area contributed by atoms with Crippen molar-refractivity contribution in [3.05, 3.63) is 59.9 Å². The molecule has 21 heavy (non-hydrogen) atoms. The normalized spacial score (nSPS) is 11.7. The molecule has 1 atom stereocenters. The highest BCUT2D eigenvalue weighted by Crippen LogP contribution is 2.18. The topological polar surface area (TPSA) is 60.3 Å². The standard InChI is InChI=1S/C16H18N2O3/c1-18-10-6-9-14(18)16(20)17-13(11-15(19)21-2)12-7-4-3-5-8-12/h3-10,13H,11H2,1-2H3,(H,17,20)/t13-/m0/s1. The molecule has 0 aliphatic heterocycles. The molecule has 1 amide bonds. The lowest BCUT2D eigenvalue weighted by molar-refractivity contribution is -0.141. The fraction of sp³-hybridized carbons (Fsp3) is 0.250. The van der Waals surface area contributed by atoms with Crippen LogP contribution < -0.4 is 5.32 Å². The smallest absolute Gasteiger partial charge is 0.307 e. The van der Waals surface area contributed by atoms with Gasteiger partial charge in [-0.15, -0.1) is 0 Å². The average molecular weight is 286 g/mol. The lowest BCUT2D eigenvalue weighted by Crippen LogP contribution is -2.31. The predicted octanol–water partition coefficient (Wildman–Crippen LogP) is 2.06. The molecule has 0 aliphatic carbocycles. The first kappa shape index (κ1) is 14.8. The van der Waals surface area contributed by atoms with Crippen LogP contribution in [0.15, 0.2) is 48.7 Å². The van der Waals surface area contributed by atoms with Gasteiger partial charge in [0.25, 0.3) is 5.91 Å². The van der Waals surface area contributed by atoms with Gasteiger partial charge >= 0.3 is 5.97 Å². The van der Waals surface area contributed by atoms with E-state index in [1.165, 1.54) is 7.11 Å². The summed E-state index contributed by atoms with van der Waals surface area (Å²) in [5.74, 6) is -0.587. The lowest BCUT2D eigenvalue weighted by Gasteiger charge is -2.18. The predicted molar refractivity (Wildman–Crippen MR) is 78.7 cm³/mol. The molecule has 1 aromatic heterocycles. The number of nitrogens with zero attached hydrogens (tertiary/aromatic N) is 1. The second-order valence-corrected chi connectivity index (χ2v) is 4.72. The third-order valence-corrected chi connectivity index (χ3v) is 3.28. The number of esters is 1. The number of hydrogen-bond donors (Lipinski definition) is 1. The van der Waals surface area contributed by atoms with E-state index in [1.807, 2.05) is 30.3 Å². The Morgan fingerprint density at radius 2 is 1.90 bits per heavy atom. The Balaban J connectivity index is 2.18. The van der Waals surface area contributed by atoms with Crippen LogP contribution in [0, 0.1) is 0 Å². The zero-order valence-corrected chi connectivity index (χ0v) is 12.1. The number of rotatable bonds is 5. The van der Waals surface area contributed by atoms with Crippen molar-refractivity contribution in [1.29, 1.82) is 0 Å². The van der Waals surface area contributed by atoms with Crippen LogP contribution in [0.3, 0.4) is 0 Å². The third-order valence-electron chi connectivity index (χ3n) is 3.28. The van der Waals surface area contributed by atoms with Crippen LogP contribution in [0.25, 0.3) is 0 Å². The van der Waals surface area contributed by atoms with Crippen molar-refractivity contribution in [3.8, 4) is 0 Å². The molecule has 0 fully saturated rings. The lowest BCUT2D eigenvalue weighted by atomic mass is 10.0. The number of nitrogens with one attached hydrogen (secondary N) is 1. The first-order chi connectivity index (χ1) is 10.1. The fourth-order valence-electron chi connectivity index (χ4n) is 2.12. The molecule has 0 radical (unpaired) electrons. The summed E-state index contributed by atoms with van der Waals surface area (Å²) in [5, 5.41) is 2.88. The number of aryl methyl sites for hydroxylation is 1. The van der Waals surface area contributed by atoms with Gasteiger partial charge < -0.3 is 14.6 Å². The van der Waals surface area contributed by atoms with E-state index in [-0.39, 0.29) is 18.3 Å². The molecule has 1 aromatic carbocycles. The van der Waals surface area contributed by atoms with Gasteiger partial charge in [-0.05, 0) is 17.7 Å². The van der Waals surface area contributed by atoms with Gasteiger partial charge in [-0.2, -0.15) is 0 Å². The van der Waals surface area contributed by atoms with Gasteiger partial charge in [-0.3, -0.25) is 9.59 Å². The van der Waals surface area contributed by atoms with E-state index in [4.69, 9.17) is 4.74 Å². The molecular formula is C16H18N2O3. The van der Waals surface area contributed by atoms with Gasteiger partial charge in [0.2, 0.25) is 0 Å². The monoisotopic (exact) mass is 286 g/mol. The van der Waals surface area contributed by atoms with E-state index in [1.54, 1.807) is 29.9 Å². The molecule has 1 heterocycles. The van der Waals surface area contributed by atoms with Crippen molar-refractivity contribution in [1.82, 2.24) is 9.88 Å². The Morgan fingerprint density at radius 3 is 2.48 bits per heavy atom. The molecule has 0 saturated heterocycles. The summed E-state index contributed by atoms with van der Waals surface area (Å²) in [4.78, 5) is 23.8. The Labute approximate surface area is 123 Å². The molecule has 0 spiro atoms. The molecular weight excluding hydrogens is 268 g/mol. The Bertz CT molecular complexity index is 619. The van der Waals surface area contributed by atoms with Crippen LogP contribution in [0.5, 0.6) is 0 Å². The summed E-state index contributed by atoms with van der Waals surface area (Å²) in [5.41, 5.74) is 1.41. The number of methoxy groups -OCH3 is 1. The average Bonchev–Trinajstić information content (AvgIpc) is 2.93. The van der Waals surface area contributed by atoms with Crippen LogP contribution in [0.4, 0.5) is 0 Å². The highest BCUT2D eigenvalue weighted by Gasteiger charge is 2.20. The Morgan fingerprint density at radius 1 is 1.19 bits per heavy atom. The van der Waals surface area contributed by atoms with E-state index in [9.17, 15) is 9.59 Å². The molecule has 2 aromatic rings. The Hall–Kier alpha value is -2.56. The van der Waals surface area contributed by atoms with Gasteiger partial charge in [-0.25, -0.2) is 0 Å². The summed E-state index contributed by atoms with van der Waals surface area (Å²) in [6, 6.07) is 12.5. The molecule has 2 rings (SSSR count). The van der Waals surface area contributed by atoms with Crippen molar-refractivity contribution in [2.45, 2.75) is 12.5 Å². The zero-order chi connectivity index (χ0) is 15.2. The van der Waals surface area contributed by atoms with Crippen LogP contribution in [-0.4, -0.2) is 23.6 Å². The minimum atomic E-state index is -0.416. The molecule has 0 saturated carbocycles. The highest BCUT2D eigenvalue weighted by molar-refractivity contribution is 5.93. The van der Waals surface area contributed by atoms with Crippen LogP contribution in [-0.2, 0) is 16.6 Å². The summed E-state index contributed by atoms with van der Waals surface area (Å²) >= 11 is 0. The van der Waals surface area contributed by atoms with Gasteiger partial charge in [-0.1, -0.05) is 30.3 Å². The quantitative estimate of drug-likeness (QED) is 0.856. The number of benzene rings is 1. The van der Waals surface area contributed by atoms with Crippen molar-refractivity contribution < 1.29 is 14.3 Å². The molecule has 5 heteroatoms. The van der Waals surface area contributed by atoms with Gasteiger partial charge in [0.05, 0.1) is 19.6 Å². The van der Waals surface area contributed by atoms with E-state index < -0.39 is 6.04 Å². The molecule has 110 valence electrons. The van der Waals surface area contributed by atoms with E-state index >= 15 is 0 Å². The number of carbonyl (C=O) groups excluding carboxylic acids is 2. The zero-order valence-electron chi connectivity index (χ0n) is 12.1. The summed E-state index contributed by atoms with van der Waals surface area (Å²) in [6.45, 7) is 0. The minimum Gasteiger partial charge on any atom is -0.469 e. The maximum absolute atomic E-state index is 12.3. The number of aromatic nitrogens is 1. The minimum absolute atomic E-state index is 0.0939. The van der Waals surface area contributed by atoms with Crippen LogP contribution in [0.2, 0.25) is 0 Å². The first-order valence-electron chi connectivity index (χ1n) is 6.65. The number of amides is 1. The second-order valence-electron chi connectivity index (χ2n) is 4.72. The fourth-order valence-corrected chi connectivity index (χ4v) is 2.12. The van der Waals surface area contributed by atoms with Crippen LogP contribution >= 0.6 is 0 Å². The van der Waals surface area contributed by atoms with Crippen molar-refractivity contribution in [3.63, 3.8) is 0 Å². The van der Waals surface area contributed by atoms with E-state index in [0.29, 0.717) is 5.69 Å². The summed E-state index contributed by atoms with van der Waals surface area (Å²) in [7, 11) is 3.14. The molecule has 0 aliphatic rings. The summed E-state index contributed by atoms with van der Waals surface area (Å²) in [6.07, 6.45) is 1.89. The highest BCUT2D eigenvalue weighted by atomic mass is 16.5. The van der Waals surface area contributed by atoms with E-state index in [2.05, 4.69) is 5.32 Å². The molecule has 5 nitrogen and oxygen atoms in total. The maximum Gasteiger partial charge on any atom is 0.307 e. The molecule has 0 unspecified atom stereocenters. The molecule has 1 N–H and O–H groups in total. The van der Waals surface area contributed by atoms with E-state index in [0.717, 1.165) is 5.56 Å². The largest absolute Gasteiger partial charge is 0.469 e. The maximum atomic E-state index is 12.3. The Kier molecular flexibility index (Phi) is 4.77. The number of carbonyl (C=O) groups is 2. The van der Waals surface area contributed by atoms with Gasteiger partial charge in [0.15, 0.2) is 0 Å². The number of hydrogen-bond acceptors (Lipinski definition) is 3. The first-order valence-corrected chi connectivity index (χ1v) is 6.65. The van der Waals surface area contributed by atoms with Crippen LogP contribution in [0.1, 0.15) is 28.5 Å². The van der Waals surface area contributed by atoms with Gasteiger partial charge in [0.1, 0.15) is 5.69 Å². The van der Waals surface area contributed by atoms with Crippen molar-refractivity contribution in [2.75, 3.05) is 7.11 Å².